The molecule has 0 aliphatic rings. The molecule has 0 aliphatic carbocycles. The second-order valence-corrected chi connectivity index (χ2v) is 7.01. The van der Waals surface area contributed by atoms with Crippen LogP contribution in [0.4, 0.5) is 0 Å². The Labute approximate surface area is 169 Å². The molecule has 0 fully saturated rings. The SMILES string of the molecule is COC(=O)c1c(-c2ccccc2)c2cc(C)ccc2c(=O)n1Cc1ccccc1. The van der Waals surface area contributed by atoms with E-state index in [1.54, 1.807) is 0 Å². The zero-order valence-electron chi connectivity index (χ0n) is 16.4. The van der Waals surface area contributed by atoms with E-state index in [9.17, 15) is 9.59 Å². The van der Waals surface area contributed by atoms with Crippen molar-refractivity contribution in [2.45, 2.75) is 13.5 Å². The molecule has 0 amide bonds. The number of hydrogen-bond acceptors (Lipinski definition) is 3. The topological polar surface area (TPSA) is 48.3 Å². The van der Waals surface area contributed by atoms with Crippen LogP contribution in [0.15, 0.2) is 83.7 Å². The average Bonchev–Trinajstić information content (AvgIpc) is 2.76. The fourth-order valence-corrected chi connectivity index (χ4v) is 3.68. The van der Waals surface area contributed by atoms with Gasteiger partial charge in [0, 0.05) is 10.9 Å². The highest BCUT2D eigenvalue weighted by Crippen LogP contribution is 2.32. The maximum atomic E-state index is 13.4. The van der Waals surface area contributed by atoms with Crippen LogP contribution in [0.3, 0.4) is 0 Å². The number of pyridine rings is 1. The lowest BCUT2D eigenvalue weighted by molar-refractivity contribution is 0.0588. The van der Waals surface area contributed by atoms with E-state index in [4.69, 9.17) is 4.74 Å². The first-order valence-electron chi connectivity index (χ1n) is 9.45. The van der Waals surface area contributed by atoms with E-state index in [1.807, 2.05) is 85.8 Å². The van der Waals surface area contributed by atoms with Gasteiger partial charge in [0.1, 0.15) is 5.69 Å². The number of esters is 1. The fraction of sp³-hybridized carbons (Fsp3) is 0.120. The minimum atomic E-state index is -0.528. The van der Waals surface area contributed by atoms with Crippen molar-refractivity contribution in [2.75, 3.05) is 7.11 Å². The lowest BCUT2D eigenvalue weighted by atomic mass is 9.95. The maximum absolute atomic E-state index is 13.4. The van der Waals surface area contributed by atoms with E-state index in [0.717, 1.165) is 22.1 Å². The lowest BCUT2D eigenvalue weighted by Gasteiger charge is -2.19. The van der Waals surface area contributed by atoms with E-state index in [2.05, 4.69) is 0 Å². The summed E-state index contributed by atoms with van der Waals surface area (Å²) in [5.74, 6) is -0.528. The zero-order valence-corrected chi connectivity index (χ0v) is 16.4. The molecule has 0 atom stereocenters. The number of benzene rings is 3. The van der Waals surface area contributed by atoms with Crippen molar-refractivity contribution in [3.8, 4) is 11.1 Å². The predicted molar refractivity (Wildman–Crippen MR) is 115 cm³/mol. The molecule has 4 nitrogen and oxygen atoms in total. The van der Waals surface area contributed by atoms with E-state index < -0.39 is 5.97 Å². The molecule has 144 valence electrons. The molecule has 3 aromatic carbocycles. The Kier molecular flexibility index (Phi) is 5.00. The van der Waals surface area contributed by atoms with Crippen LogP contribution >= 0.6 is 0 Å². The first-order valence-corrected chi connectivity index (χ1v) is 9.45. The quantitative estimate of drug-likeness (QED) is 0.475. The van der Waals surface area contributed by atoms with Crippen molar-refractivity contribution < 1.29 is 9.53 Å². The summed E-state index contributed by atoms with van der Waals surface area (Å²) in [5.41, 5.74) is 3.60. The first-order chi connectivity index (χ1) is 14.1. The summed E-state index contributed by atoms with van der Waals surface area (Å²) in [6.45, 7) is 2.26. The lowest BCUT2D eigenvalue weighted by Crippen LogP contribution is -2.28. The van der Waals surface area contributed by atoms with E-state index >= 15 is 0 Å². The highest BCUT2D eigenvalue weighted by atomic mass is 16.5. The molecular weight excluding hydrogens is 362 g/mol. The van der Waals surface area contributed by atoms with E-state index in [-0.39, 0.29) is 17.8 Å². The molecule has 1 aromatic heterocycles. The number of rotatable bonds is 4. The zero-order chi connectivity index (χ0) is 20.4. The second kappa shape index (κ2) is 7.76. The minimum Gasteiger partial charge on any atom is -0.464 e. The monoisotopic (exact) mass is 383 g/mol. The molecule has 0 saturated carbocycles. The summed E-state index contributed by atoms with van der Waals surface area (Å²) < 4.78 is 6.64. The average molecular weight is 383 g/mol. The van der Waals surface area contributed by atoms with E-state index in [1.165, 1.54) is 11.7 Å². The predicted octanol–water partition coefficient (Wildman–Crippen LogP) is 4.81. The van der Waals surface area contributed by atoms with Crippen LogP contribution in [0.2, 0.25) is 0 Å². The molecule has 1 heterocycles. The standard InChI is InChI=1S/C25H21NO3/c1-17-13-14-20-21(15-17)22(19-11-7-4-8-12-19)23(25(28)29-2)26(24(20)27)16-18-9-5-3-6-10-18/h3-15H,16H2,1-2H3. The summed E-state index contributed by atoms with van der Waals surface area (Å²) in [5, 5.41) is 1.34. The van der Waals surface area contributed by atoms with Crippen LogP contribution in [0.1, 0.15) is 21.6 Å². The second-order valence-electron chi connectivity index (χ2n) is 7.01. The third-order valence-corrected chi connectivity index (χ3v) is 5.05. The summed E-state index contributed by atoms with van der Waals surface area (Å²) >= 11 is 0. The number of carbonyl (C=O) groups excluding carboxylic acids is 1. The van der Waals surface area contributed by atoms with Crippen molar-refractivity contribution in [1.82, 2.24) is 4.57 Å². The van der Waals surface area contributed by atoms with Gasteiger partial charge in [-0.3, -0.25) is 9.36 Å². The molecule has 0 spiro atoms. The highest BCUT2D eigenvalue weighted by Gasteiger charge is 2.24. The number of fused-ring (bicyclic) bond motifs is 1. The maximum Gasteiger partial charge on any atom is 0.355 e. The molecule has 0 aliphatic heterocycles. The molecule has 29 heavy (non-hydrogen) atoms. The first kappa shape index (κ1) is 18.7. The van der Waals surface area contributed by atoms with Gasteiger partial charge in [0.2, 0.25) is 0 Å². The number of aromatic nitrogens is 1. The van der Waals surface area contributed by atoms with Crippen molar-refractivity contribution in [3.63, 3.8) is 0 Å². The largest absolute Gasteiger partial charge is 0.464 e. The number of aryl methyl sites for hydroxylation is 1. The third-order valence-electron chi connectivity index (χ3n) is 5.05. The van der Waals surface area contributed by atoms with Gasteiger partial charge in [0.25, 0.3) is 5.56 Å². The van der Waals surface area contributed by atoms with Crippen molar-refractivity contribution in [3.05, 3.63) is 106 Å². The highest BCUT2D eigenvalue weighted by molar-refractivity contribution is 6.06. The van der Waals surface area contributed by atoms with Crippen LogP contribution in [0, 0.1) is 6.92 Å². The van der Waals surface area contributed by atoms with Gasteiger partial charge in [-0.15, -0.1) is 0 Å². The molecule has 4 aromatic rings. The Bertz CT molecular complexity index is 1240. The number of hydrogen-bond donors (Lipinski definition) is 0. The Morgan fingerprint density at radius 2 is 1.55 bits per heavy atom. The number of nitrogens with zero attached hydrogens (tertiary/aromatic N) is 1. The number of ether oxygens (including phenoxy) is 1. The van der Waals surface area contributed by atoms with Gasteiger partial charge in [-0.1, -0.05) is 78.4 Å². The third kappa shape index (κ3) is 3.45. The van der Waals surface area contributed by atoms with Crippen LogP contribution in [-0.4, -0.2) is 17.6 Å². The molecule has 4 rings (SSSR count). The molecule has 4 heteroatoms. The minimum absolute atomic E-state index is 0.205. The van der Waals surface area contributed by atoms with Gasteiger partial charge in [0.15, 0.2) is 0 Å². The molecule has 0 radical (unpaired) electrons. The van der Waals surface area contributed by atoms with Crippen LogP contribution in [-0.2, 0) is 11.3 Å². The van der Waals surface area contributed by atoms with Crippen LogP contribution in [0.5, 0.6) is 0 Å². The molecular formula is C25H21NO3. The number of carbonyl (C=O) groups is 1. The smallest absolute Gasteiger partial charge is 0.355 e. The summed E-state index contributed by atoms with van der Waals surface area (Å²) in [4.78, 5) is 26.3. The van der Waals surface area contributed by atoms with Crippen molar-refractivity contribution in [2.24, 2.45) is 0 Å². The van der Waals surface area contributed by atoms with Crippen LogP contribution < -0.4 is 5.56 Å². The Hall–Kier alpha value is -3.66. The van der Waals surface area contributed by atoms with Gasteiger partial charge < -0.3 is 4.74 Å². The van der Waals surface area contributed by atoms with Crippen molar-refractivity contribution in [1.29, 1.82) is 0 Å². The molecule has 0 saturated heterocycles. The van der Waals surface area contributed by atoms with Gasteiger partial charge in [0.05, 0.1) is 13.7 Å². The Morgan fingerprint density at radius 1 is 0.897 bits per heavy atom. The van der Waals surface area contributed by atoms with Crippen molar-refractivity contribution >= 4 is 16.7 Å². The van der Waals surface area contributed by atoms with Gasteiger partial charge >= 0.3 is 5.97 Å². The summed E-state index contributed by atoms with van der Waals surface area (Å²) in [7, 11) is 1.34. The molecule has 0 N–H and O–H groups in total. The molecule has 0 bridgehead atoms. The number of methoxy groups -OCH3 is 1. The van der Waals surface area contributed by atoms with E-state index in [0.29, 0.717) is 10.9 Å². The van der Waals surface area contributed by atoms with Gasteiger partial charge in [-0.25, -0.2) is 4.79 Å². The Morgan fingerprint density at radius 3 is 2.21 bits per heavy atom. The van der Waals surface area contributed by atoms with Gasteiger partial charge in [-0.05, 0) is 29.5 Å². The summed E-state index contributed by atoms with van der Waals surface area (Å²) in [6, 6.07) is 25.0. The Balaban J connectivity index is 2.14. The van der Waals surface area contributed by atoms with Crippen LogP contribution in [0.25, 0.3) is 21.9 Å². The normalized spacial score (nSPS) is 10.8. The summed E-state index contributed by atoms with van der Waals surface area (Å²) in [6.07, 6.45) is 0. The fourth-order valence-electron chi connectivity index (χ4n) is 3.68. The van der Waals surface area contributed by atoms with Gasteiger partial charge in [-0.2, -0.15) is 0 Å². The molecule has 0 unspecified atom stereocenters.